The normalized spacial score (nSPS) is 23.8. The second-order valence-corrected chi connectivity index (χ2v) is 8.86. The van der Waals surface area contributed by atoms with Crippen LogP contribution in [0.15, 0.2) is 77.6 Å². The average Bonchev–Trinajstić information content (AvgIpc) is 3.05. The molecule has 2 aliphatic carbocycles. The Bertz CT molecular complexity index is 876. The van der Waals surface area contributed by atoms with Crippen molar-refractivity contribution in [2.45, 2.75) is 51.6 Å². The molecule has 31 heavy (non-hydrogen) atoms. The van der Waals surface area contributed by atoms with Crippen molar-refractivity contribution in [3.8, 4) is 0 Å². The van der Waals surface area contributed by atoms with Crippen molar-refractivity contribution in [1.29, 1.82) is 0 Å². The monoisotopic (exact) mass is 418 g/mol. The first-order valence-corrected chi connectivity index (χ1v) is 11.7. The molecule has 1 aromatic rings. The highest BCUT2D eigenvalue weighted by Gasteiger charge is 2.27. The summed E-state index contributed by atoms with van der Waals surface area (Å²) in [6.07, 6.45) is 16.1. The Kier molecular flexibility index (Phi) is 7.42. The maximum Gasteiger partial charge on any atom is 0.254 e. The molecular formula is C27H34N2O2. The maximum absolute atomic E-state index is 13.7. The third-order valence-corrected chi connectivity index (χ3v) is 6.32. The number of para-hydroxylation sites is 1. The third kappa shape index (κ3) is 5.98. The van der Waals surface area contributed by atoms with Gasteiger partial charge in [0.1, 0.15) is 6.10 Å². The van der Waals surface area contributed by atoms with Crippen LogP contribution in [0.4, 0.5) is 5.69 Å². The average molecular weight is 419 g/mol. The van der Waals surface area contributed by atoms with Crippen molar-refractivity contribution < 1.29 is 9.53 Å². The molecule has 2 atom stereocenters. The number of carbonyl (C=O) groups excluding carboxylic acids is 1. The van der Waals surface area contributed by atoms with Crippen molar-refractivity contribution in [3.05, 3.63) is 77.6 Å². The molecule has 0 saturated carbocycles. The van der Waals surface area contributed by atoms with Crippen LogP contribution < -0.4 is 10.2 Å². The number of nitrogens with zero attached hydrogens (tertiary/aromatic N) is 1. The summed E-state index contributed by atoms with van der Waals surface area (Å²) in [5, 5.41) is 3.48. The largest absolute Gasteiger partial charge is 0.490 e. The van der Waals surface area contributed by atoms with Gasteiger partial charge >= 0.3 is 0 Å². The fourth-order valence-electron chi connectivity index (χ4n) is 4.50. The van der Waals surface area contributed by atoms with Crippen LogP contribution in [0.2, 0.25) is 0 Å². The van der Waals surface area contributed by atoms with E-state index in [2.05, 4.69) is 42.6 Å². The van der Waals surface area contributed by atoms with E-state index in [9.17, 15) is 4.79 Å². The molecule has 1 N–H and O–H groups in total. The summed E-state index contributed by atoms with van der Waals surface area (Å²) in [6.45, 7) is 4.96. The molecule has 1 aromatic carbocycles. The van der Waals surface area contributed by atoms with Crippen molar-refractivity contribution >= 4 is 11.6 Å². The smallest absolute Gasteiger partial charge is 0.254 e. The SMILES string of the molecule is CC1=CC=C(OC2C=CCC=C(C(=O)N(CC3CCCNC3)c3ccccc3)C2)CC1. The zero-order chi connectivity index (χ0) is 21.5. The van der Waals surface area contributed by atoms with E-state index in [-0.39, 0.29) is 12.0 Å². The Labute approximate surface area is 186 Å². The lowest BCUT2D eigenvalue weighted by Crippen LogP contribution is -2.42. The number of allylic oxidation sites excluding steroid dienone is 6. The zero-order valence-corrected chi connectivity index (χ0v) is 18.6. The minimum absolute atomic E-state index is 0.0928. The number of piperidine rings is 1. The van der Waals surface area contributed by atoms with Crippen LogP contribution >= 0.6 is 0 Å². The van der Waals surface area contributed by atoms with Gasteiger partial charge in [0.15, 0.2) is 0 Å². The van der Waals surface area contributed by atoms with Gasteiger partial charge < -0.3 is 15.0 Å². The van der Waals surface area contributed by atoms with E-state index in [4.69, 9.17) is 4.74 Å². The van der Waals surface area contributed by atoms with Crippen molar-refractivity contribution in [1.82, 2.24) is 5.32 Å². The minimum atomic E-state index is -0.0928. The molecule has 4 nitrogen and oxygen atoms in total. The Morgan fingerprint density at radius 2 is 2.06 bits per heavy atom. The molecule has 0 spiro atoms. The van der Waals surface area contributed by atoms with Gasteiger partial charge in [0.05, 0.1) is 5.76 Å². The standard InChI is InChI=1S/C27H34N2O2/c1-21-13-15-25(16-14-21)31-26-12-6-5-9-23(18-26)27(30)29(24-10-3-2-4-11-24)20-22-8-7-17-28-19-22/h2-4,6,9-13,15,22,26,28H,5,7-8,14,16-20H2,1H3. The summed E-state index contributed by atoms with van der Waals surface area (Å²) in [7, 11) is 0. The number of rotatable bonds is 6. The van der Waals surface area contributed by atoms with Gasteiger partial charge in [-0.15, -0.1) is 0 Å². The maximum atomic E-state index is 13.7. The molecule has 4 rings (SSSR count). The topological polar surface area (TPSA) is 41.6 Å². The second kappa shape index (κ2) is 10.6. The summed E-state index contributed by atoms with van der Waals surface area (Å²) in [5.41, 5.74) is 3.21. The molecule has 2 unspecified atom stereocenters. The van der Waals surface area contributed by atoms with E-state index >= 15 is 0 Å². The second-order valence-electron chi connectivity index (χ2n) is 8.86. The van der Waals surface area contributed by atoms with Crippen LogP contribution in [0.5, 0.6) is 0 Å². The summed E-state index contributed by atoms with van der Waals surface area (Å²) in [6, 6.07) is 10.1. The Morgan fingerprint density at radius 1 is 1.19 bits per heavy atom. The van der Waals surface area contributed by atoms with Gasteiger partial charge in [-0.3, -0.25) is 4.79 Å². The van der Waals surface area contributed by atoms with Crippen LogP contribution in [0.3, 0.4) is 0 Å². The highest BCUT2D eigenvalue weighted by Crippen LogP contribution is 2.27. The summed E-state index contributed by atoms with van der Waals surface area (Å²) < 4.78 is 6.28. The number of hydrogen-bond acceptors (Lipinski definition) is 3. The number of benzene rings is 1. The molecule has 1 amide bonds. The number of hydrogen-bond donors (Lipinski definition) is 1. The summed E-state index contributed by atoms with van der Waals surface area (Å²) in [4.78, 5) is 15.7. The Morgan fingerprint density at radius 3 is 2.81 bits per heavy atom. The first-order chi connectivity index (χ1) is 15.2. The molecule has 1 saturated heterocycles. The molecule has 4 heteroatoms. The fraction of sp³-hybridized carbons (Fsp3) is 0.444. The van der Waals surface area contributed by atoms with E-state index in [1.54, 1.807) is 0 Å². The quantitative estimate of drug-likeness (QED) is 0.637. The molecule has 1 fully saturated rings. The lowest BCUT2D eigenvalue weighted by Gasteiger charge is -2.31. The van der Waals surface area contributed by atoms with Crippen molar-refractivity contribution in [3.63, 3.8) is 0 Å². The van der Waals surface area contributed by atoms with Crippen LogP contribution in [0.1, 0.15) is 45.4 Å². The molecule has 0 aromatic heterocycles. The van der Waals surface area contributed by atoms with E-state index in [0.717, 1.165) is 62.3 Å². The molecule has 1 aliphatic heterocycles. The van der Waals surface area contributed by atoms with Crippen LogP contribution in [-0.4, -0.2) is 31.6 Å². The molecule has 164 valence electrons. The van der Waals surface area contributed by atoms with Gasteiger partial charge in [-0.2, -0.15) is 0 Å². The minimum Gasteiger partial charge on any atom is -0.490 e. The van der Waals surface area contributed by atoms with E-state index in [1.807, 2.05) is 35.2 Å². The number of anilines is 1. The van der Waals surface area contributed by atoms with Crippen molar-refractivity contribution in [2.24, 2.45) is 5.92 Å². The summed E-state index contributed by atoms with van der Waals surface area (Å²) in [5.74, 6) is 1.61. The van der Waals surface area contributed by atoms with E-state index in [1.165, 1.54) is 12.0 Å². The highest BCUT2D eigenvalue weighted by atomic mass is 16.5. The van der Waals surface area contributed by atoms with Crippen LogP contribution in [-0.2, 0) is 9.53 Å². The predicted octanol–water partition coefficient (Wildman–Crippen LogP) is 5.30. The van der Waals surface area contributed by atoms with Gasteiger partial charge in [0, 0.05) is 30.6 Å². The Hall–Kier alpha value is -2.59. The van der Waals surface area contributed by atoms with Gasteiger partial charge in [0.25, 0.3) is 5.91 Å². The van der Waals surface area contributed by atoms with E-state index in [0.29, 0.717) is 12.3 Å². The predicted molar refractivity (Wildman–Crippen MR) is 127 cm³/mol. The third-order valence-electron chi connectivity index (χ3n) is 6.32. The first kappa shape index (κ1) is 21.6. The molecule has 3 aliphatic rings. The Balaban J connectivity index is 1.49. The molecule has 0 bridgehead atoms. The van der Waals surface area contributed by atoms with E-state index < -0.39 is 0 Å². The number of carbonyl (C=O) groups is 1. The van der Waals surface area contributed by atoms with Crippen LogP contribution in [0.25, 0.3) is 0 Å². The highest BCUT2D eigenvalue weighted by molar-refractivity contribution is 6.05. The van der Waals surface area contributed by atoms with Gasteiger partial charge in [-0.1, -0.05) is 42.0 Å². The molecular weight excluding hydrogens is 384 g/mol. The fourth-order valence-corrected chi connectivity index (χ4v) is 4.50. The number of nitrogens with one attached hydrogen (secondary N) is 1. The number of ether oxygens (including phenoxy) is 1. The summed E-state index contributed by atoms with van der Waals surface area (Å²) >= 11 is 0. The van der Waals surface area contributed by atoms with Gasteiger partial charge in [0.2, 0.25) is 0 Å². The number of amides is 1. The van der Waals surface area contributed by atoms with Gasteiger partial charge in [-0.25, -0.2) is 0 Å². The lowest BCUT2D eigenvalue weighted by molar-refractivity contribution is -0.115. The van der Waals surface area contributed by atoms with Crippen LogP contribution in [0, 0.1) is 5.92 Å². The van der Waals surface area contributed by atoms with Gasteiger partial charge in [-0.05, 0) is 75.9 Å². The molecule has 0 radical (unpaired) electrons. The zero-order valence-electron chi connectivity index (χ0n) is 18.6. The van der Waals surface area contributed by atoms with Crippen molar-refractivity contribution in [2.75, 3.05) is 24.5 Å². The lowest BCUT2D eigenvalue weighted by atomic mass is 9.97. The first-order valence-electron chi connectivity index (χ1n) is 11.7. The molecule has 1 heterocycles.